The fraction of sp³-hybridized carbons (Fsp3) is 0.348. The number of aromatic nitrogens is 2. The molecule has 6 nitrogen and oxygen atoms in total. The van der Waals surface area contributed by atoms with Crippen LogP contribution in [0.4, 0.5) is 4.39 Å². The Labute approximate surface area is 185 Å². The molecule has 0 bridgehead atoms. The smallest absolute Gasteiger partial charge is 0.252 e. The van der Waals surface area contributed by atoms with Crippen LogP contribution in [0.5, 0.6) is 0 Å². The highest BCUT2D eigenvalue weighted by molar-refractivity contribution is 6.31. The van der Waals surface area contributed by atoms with Gasteiger partial charge in [0, 0.05) is 17.1 Å². The number of hydrogen-bond acceptors (Lipinski definition) is 5. The zero-order chi connectivity index (χ0) is 21.6. The number of nitrogens with zero attached hydrogens (tertiary/aromatic N) is 3. The van der Waals surface area contributed by atoms with Crippen LogP contribution in [-0.2, 0) is 29.2 Å². The molecule has 1 saturated heterocycles. The number of carbonyl (C=O) groups excluding carboxylic acids is 1. The van der Waals surface area contributed by atoms with Crippen molar-refractivity contribution in [1.82, 2.24) is 15.0 Å². The van der Waals surface area contributed by atoms with Crippen LogP contribution < -0.4 is 0 Å². The second kappa shape index (κ2) is 10.0. The van der Waals surface area contributed by atoms with Crippen LogP contribution in [0.2, 0.25) is 5.02 Å². The molecule has 0 N–H and O–H groups in total. The first kappa shape index (κ1) is 21.5. The fourth-order valence-electron chi connectivity index (χ4n) is 3.74. The van der Waals surface area contributed by atoms with Gasteiger partial charge in [-0.3, -0.25) is 4.79 Å². The highest BCUT2D eigenvalue weighted by atomic mass is 35.5. The summed E-state index contributed by atoms with van der Waals surface area (Å²) in [6, 6.07) is 13.9. The molecule has 162 valence electrons. The van der Waals surface area contributed by atoms with E-state index >= 15 is 0 Å². The van der Waals surface area contributed by atoms with Crippen molar-refractivity contribution in [2.75, 3.05) is 6.54 Å². The first-order chi connectivity index (χ1) is 15.1. The summed E-state index contributed by atoms with van der Waals surface area (Å²) in [5.41, 5.74) is 1.26. The molecule has 0 radical (unpaired) electrons. The molecule has 1 atom stereocenters. The quantitative estimate of drug-likeness (QED) is 0.520. The lowest BCUT2D eigenvalue weighted by Gasteiger charge is -2.34. The van der Waals surface area contributed by atoms with Crippen molar-refractivity contribution >= 4 is 17.5 Å². The molecule has 8 heteroatoms. The van der Waals surface area contributed by atoms with E-state index < -0.39 is 5.82 Å². The van der Waals surface area contributed by atoms with Crippen molar-refractivity contribution in [1.29, 1.82) is 0 Å². The van der Waals surface area contributed by atoms with Crippen LogP contribution >= 0.6 is 11.6 Å². The van der Waals surface area contributed by atoms with Gasteiger partial charge in [0.2, 0.25) is 5.91 Å². The van der Waals surface area contributed by atoms with Crippen molar-refractivity contribution in [2.45, 2.75) is 44.9 Å². The van der Waals surface area contributed by atoms with E-state index in [9.17, 15) is 9.18 Å². The van der Waals surface area contributed by atoms with Crippen LogP contribution in [0.1, 0.15) is 48.1 Å². The maximum Gasteiger partial charge on any atom is 0.252 e. The van der Waals surface area contributed by atoms with Crippen molar-refractivity contribution in [3.05, 3.63) is 82.2 Å². The molecule has 31 heavy (non-hydrogen) atoms. The highest BCUT2D eigenvalue weighted by Crippen LogP contribution is 2.31. The van der Waals surface area contributed by atoms with Crippen LogP contribution in [0, 0.1) is 5.82 Å². The van der Waals surface area contributed by atoms with Gasteiger partial charge in [0.05, 0.1) is 19.1 Å². The lowest BCUT2D eigenvalue weighted by Crippen LogP contribution is -2.40. The third-order valence-corrected chi connectivity index (χ3v) is 5.69. The van der Waals surface area contributed by atoms with Gasteiger partial charge in [0.1, 0.15) is 12.4 Å². The average molecular weight is 444 g/mol. The van der Waals surface area contributed by atoms with Gasteiger partial charge < -0.3 is 14.2 Å². The number of rotatable bonds is 7. The Hall–Kier alpha value is -2.77. The van der Waals surface area contributed by atoms with Crippen LogP contribution in [0.15, 0.2) is 53.1 Å². The summed E-state index contributed by atoms with van der Waals surface area (Å²) in [5, 5.41) is 4.33. The standard InChI is InChI=1S/C23H23ClFN3O3/c24-18-9-6-10-19(25)17(18)13-22(29)28-12-5-4-11-20(28)23-26-21(31-27-23)15-30-14-16-7-2-1-3-8-16/h1-3,6-10,20H,4-5,11-15H2. The number of halogens is 2. The first-order valence-corrected chi connectivity index (χ1v) is 10.7. The minimum absolute atomic E-state index is 0.104. The van der Waals surface area contributed by atoms with E-state index in [0.717, 1.165) is 24.8 Å². The van der Waals surface area contributed by atoms with Gasteiger partial charge in [0.15, 0.2) is 5.82 Å². The van der Waals surface area contributed by atoms with Gasteiger partial charge in [0.25, 0.3) is 5.89 Å². The normalized spacial score (nSPS) is 16.5. The second-order valence-corrected chi connectivity index (χ2v) is 7.91. The molecule has 0 spiro atoms. The number of benzene rings is 2. The SMILES string of the molecule is O=C(Cc1c(F)cccc1Cl)N1CCCCC1c1noc(COCc2ccccc2)n1. The summed E-state index contributed by atoms with van der Waals surface area (Å²) in [6.45, 7) is 1.19. The third-order valence-electron chi connectivity index (χ3n) is 5.33. The number of ether oxygens (including phenoxy) is 1. The maximum atomic E-state index is 14.1. The van der Waals surface area contributed by atoms with E-state index in [-0.39, 0.29) is 35.6 Å². The van der Waals surface area contributed by atoms with Gasteiger partial charge in [-0.2, -0.15) is 4.98 Å². The van der Waals surface area contributed by atoms with E-state index in [0.29, 0.717) is 24.9 Å². The zero-order valence-electron chi connectivity index (χ0n) is 17.0. The summed E-state index contributed by atoms with van der Waals surface area (Å²) >= 11 is 6.10. The van der Waals surface area contributed by atoms with Crippen molar-refractivity contribution in [3.63, 3.8) is 0 Å². The van der Waals surface area contributed by atoms with Crippen molar-refractivity contribution in [3.8, 4) is 0 Å². The molecule has 0 saturated carbocycles. The number of hydrogen-bond donors (Lipinski definition) is 0. The Balaban J connectivity index is 1.41. The summed E-state index contributed by atoms with van der Waals surface area (Å²) in [4.78, 5) is 19.1. The molecule has 3 aromatic rings. The Morgan fingerprint density at radius 3 is 2.81 bits per heavy atom. The number of amides is 1. The largest absolute Gasteiger partial charge is 0.367 e. The maximum absolute atomic E-state index is 14.1. The van der Waals surface area contributed by atoms with Gasteiger partial charge in [-0.05, 0) is 37.0 Å². The van der Waals surface area contributed by atoms with Gasteiger partial charge >= 0.3 is 0 Å². The fourth-order valence-corrected chi connectivity index (χ4v) is 3.97. The molecule has 0 aliphatic carbocycles. The van der Waals surface area contributed by atoms with Gasteiger partial charge in [-0.15, -0.1) is 0 Å². The van der Waals surface area contributed by atoms with Crippen molar-refractivity contribution in [2.24, 2.45) is 0 Å². The molecular weight excluding hydrogens is 421 g/mol. The van der Waals surface area contributed by atoms with E-state index in [4.69, 9.17) is 20.9 Å². The molecule has 1 aromatic heterocycles. The average Bonchev–Trinajstić information content (AvgIpc) is 3.26. The third kappa shape index (κ3) is 5.29. The number of likely N-dealkylation sites (tertiary alicyclic amines) is 1. The Morgan fingerprint density at radius 2 is 2.00 bits per heavy atom. The van der Waals surface area contributed by atoms with E-state index in [2.05, 4.69) is 10.1 Å². The summed E-state index contributed by atoms with van der Waals surface area (Å²) in [6.07, 6.45) is 2.44. The summed E-state index contributed by atoms with van der Waals surface area (Å²) in [5.74, 6) is 0.127. The first-order valence-electron chi connectivity index (χ1n) is 10.3. The molecule has 1 aliphatic heterocycles. The molecular formula is C23H23ClFN3O3. The molecule has 1 fully saturated rings. The molecule has 2 heterocycles. The Morgan fingerprint density at radius 1 is 1.16 bits per heavy atom. The molecule has 1 aliphatic rings. The van der Waals surface area contributed by atoms with E-state index in [1.807, 2.05) is 30.3 Å². The van der Waals surface area contributed by atoms with Crippen LogP contribution in [0.25, 0.3) is 0 Å². The van der Waals surface area contributed by atoms with Crippen LogP contribution in [0.3, 0.4) is 0 Å². The molecule has 1 unspecified atom stereocenters. The monoisotopic (exact) mass is 443 g/mol. The van der Waals surface area contributed by atoms with Crippen LogP contribution in [-0.4, -0.2) is 27.5 Å². The number of carbonyl (C=O) groups is 1. The second-order valence-electron chi connectivity index (χ2n) is 7.50. The van der Waals surface area contributed by atoms with Gasteiger partial charge in [-0.1, -0.05) is 53.2 Å². The van der Waals surface area contributed by atoms with Gasteiger partial charge in [-0.25, -0.2) is 4.39 Å². The predicted octanol–water partition coefficient (Wildman–Crippen LogP) is 4.88. The lowest BCUT2D eigenvalue weighted by atomic mass is 10.00. The highest BCUT2D eigenvalue weighted by Gasteiger charge is 2.32. The molecule has 4 rings (SSSR count). The topological polar surface area (TPSA) is 68.5 Å². The molecule has 2 aromatic carbocycles. The van der Waals surface area contributed by atoms with E-state index in [1.54, 1.807) is 11.0 Å². The van der Waals surface area contributed by atoms with Crippen molar-refractivity contribution < 1.29 is 18.4 Å². The minimum Gasteiger partial charge on any atom is -0.367 e. The summed E-state index contributed by atoms with van der Waals surface area (Å²) < 4.78 is 25.1. The zero-order valence-corrected chi connectivity index (χ0v) is 17.7. The minimum atomic E-state index is -0.480. The number of piperidine rings is 1. The summed E-state index contributed by atoms with van der Waals surface area (Å²) in [7, 11) is 0. The predicted molar refractivity (Wildman–Crippen MR) is 113 cm³/mol. The molecule has 1 amide bonds. The Bertz CT molecular complexity index is 1010. The lowest BCUT2D eigenvalue weighted by molar-refractivity contribution is -0.134. The Kier molecular flexibility index (Phi) is 6.94. The van der Waals surface area contributed by atoms with E-state index in [1.165, 1.54) is 12.1 Å².